The molecule has 2 aliphatic rings. The van der Waals surface area contributed by atoms with Crippen LogP contribution >= 0.6 is 0 Å². The lowest BCUT2D eigenvalue weighted by Gasteiger charge is -2.42. The summed E-state index contributed by atoms with van der Waals surface area (Å²) in [5.74, 6) is 0.757. The van der Waals surface area contributed by atoms with E-state index in [1.807, 2.05) is 0 Å². The number of nitrogens with one attached hydrogen (secondary N) is 1. The van der Waals surface area contributed by atoms with Gasteiger partial charge in [-0.15, -0.1) is 0 Å². The van der Waals surface area contributed by atoms with E-state index < -0.39 is 0 Å². The quantitative estimate of drug-likeness (QED) is 0.807. The average Bonchev–Trinajstić information content (AvgIpc) is 2.48. The molecule has 0 aromatic heterocycles. The first-order valence-corrected chi connectivity index (χ1v) is 8.85. The first-order valence-electron chi connectivity index (χ1n) is 8.85. The molecule has 0 bridgehead atoms. The lowest BCUT2D eigenvalue weighted by Crippen LogP contribution is -2.50. The molecule has 0 saturated carbocycles. The van der Waals surface area contributed by atoms with E-state index in [-0.39, 0.29) is 0 Å². The minimum Gasteiger partial charge on any atom is -0.315 e. The molecule has 1 atom stereocenters. The van der Waals surface area contributed by atoms with Crippen LogP contribution < -0.4 is 5.32 Å². The van der Waals surface area contributed by atoms with Gasteiger partial charge in [-0.25, -0.2) is 0 Å². The molecule has 1 unspecified atom stereocenters. The molecule has 0 spiro atoms. The Morgan fingerprint density at radius 3 is 2.15 bits per heavy atom. The fraction of sp³-hybridized carbons (Fsp3) is 1.00. The van der Waals surface area contributed by atoms with Crippen molar-refractivity contribution in [3.8, 4) is 0 Å². The maximum atomic E-state index is 3.60. The van der Waals surface area contributed by atoms with Gasteiger partial charge in [0.25, 0.3) is 0 Å². The molecule has 2 saturated heterocycles. The third kappa shape index (κ3) is 5.01. The molecule has 0 aromatic carbocycles. The van der Waals surface area contributed by atoms with E-state index in [1.165, 1.54) is 58.3 Å². The third-order valence-corrected chi connectivity index (χ3v) is 5.02. The molecule has 0 amide bonds. The Labute approximate surface area is 126 Å². The van der Waals surface area contributed by atoms with Crippen LogP contribution in [0.2, 0.25) is 0 Å². The molecular weight excluding hydrogens is 246 g/mol. The first-order chi connectivity index (χ1) is 9.66. The van der Waals surface area contributed by atoms with Gasteiger partial charge in [0.1, 0.15) is 0 Å². The summed E-state index contributed by atoms with van der Waals surface area (Å²) in [6.07, 6.45) is 7.07. The van der Waals surface area contributed by atoms with Gasteiger partial charge in [-0.1, -0.05) is 20.3 Å². The molecule has 3 nitrogen and oxygen atoms in total. The SMILES string of the molecule is CC(C)CNCC(C)N1CCC(N2CCCCC2)CC1. The second-order valence-corrected chi connectivity index (χ2v) is 7.26. The Hall–Kier alpha value is -0.120. The molecular formula is C17H35N3. The molecule has 1 N–H and O–H groups in total. The molecule has 0 aliphatic carbocycles. The van der Waals surface area contributed by atoms with E-state index >= 15 is 0 Å². The highest BCUT2D eigenvalue weighted by Gasteiger charge is 2.27. The van der Waals surface area contributed by atoms with Crippen molar-refractivity contribution in [2.24, 2.45) is 5.92 Å². The summed E-state index contributed by atoms with van der Waals surface area (Å²) in [6.45, 7) is 14.5. The van der Waals surface area contributed by atoms with E-state index in [9.17, 15) is 0 Å². The zero-order chi connectivity index (χ0) is 14.4. The second kappa shape index (κ2) is 8.35. The standard InChI is InChI=1S/C17H35N3/c1-15(2)13-18-14-16(3)19-11-7-17(8-12-19)20-9-5-4-6-10-20/h15-18H,4-14H2,1-3H3. The molecule has 3 heteroatoms. The number of hydrogen-bond donors (Lipinski definition) is 1. The van der Waals surface area contributed by atoms with Gasteiger partial charge in [-0.2, -0.15) is 0 Å². The Balaban J connectivity index is 1.65. The molecule has 2 aliphatic heterocycles. The molecule has 20 heavy (non-hydrogen) atoms. The number of piperidine rings is 2. The van der Waals surface area contributed by atoms with Crippen molar-refractivity contribution in [1.29, 1.82) is 0 Å². The molecule has 2 fully saturated rings. The van der Waals surface area contributed by atoms with Crippen molar-refractivity contribution in [2.45, 2.75) is 65.0 Å². The minimum atomic E-state index is 0.691. The molecule has 118 valence electrons. The Bertz CT molecular complexity index is 253. The van der Waals surface area contributed by atoms with Crippen LogP contribution in [0.15, 0.2) is 0 Å². The van der Waals surface area contributed by atoms with Gasteiger partial charge in [0.2, 0.25) is 0 Å². The van der Waals surface area contributed by atoms with E-state index in [2.05, 4.69) is 35.9 Å². The lowest BCUT2D eigenvalue weighted by atomic mass is 9.99. The maximum Gasteiger partial charge on any atom is 0.0192 e. The molecule has 0 aromatic rings. The Morgan fingerprint density at radius 2 is 1.55 bits per heavy atom. The Kier molecular flexibility index (Phi) is 6.79. The van der Waals surface area contributed by atoms with Gasteiger partial charge in [0.05, 0.1) is 0 Å². The van der Waals surface area contributed by atoms with E-state index in [1.54, 1.807) is 0 Å². The van der Waals surface area contributed by atoms with E-state index in [0.717, 1.165) is 25.0 Å². The highest BCUT2D eigenvalue weighted by atomic mass is 15.2. The largest absolute Gasteiger partial charge is 0.315 e. The van der Waals surface area contributed by atoms with Crippen LogP contribution in [-0.4, -0.2) is 61.2 Å². The van der Waals surface area contributed by atoms with Gasteiger partial charge in [-0.05, 0) is 71.2 Å². The summed E-state index contributed by atoms with van der Waals surface area (Å²) < 4.78 is 0. The smallest absolute Gasteiger partial charge is 0.0192 e. The second-order valence-electron chi connectivity index (χ2n) is 7.26. The Morgan fingerprint density at radius 1 is 0.900 bits per heavy atom. The fourth-order valence-corrected chi connectivity index (χ4v) is 3.69. The van der Waals surface area contributed by atoms with Gasteiger partial charge in [-0.3, -0.25) is 4.90 Å². The highest BCUT2D eigenvalue weighted by molar-refractivity contribution is 4.83. The van der Waals surface area contributed by atoms with Crippen molar-refractivity contribution >= 4 is 0 Å². The van der Waals surface area contributed by atoms with Crippen molar-refractivity contribution in [3.63, 3.8) is 0 Å². The average molecular weight is 281 g/mol. The molecule has 0 radical (unpaired) electrons. The van der Waals surface area contributed by atoms with Gasteiger partial charge < -0.3 is 10.2 Å². The number of likely N-dealkylation sites (tertiary alicyclic amines) is 2. The predicted molar refractivity (Wildman–Crippen MR) is 87.2 cm³/mol. The van der Waals surface area contributed by atoms with Crippen LogP contribution in [0.3, 0.4) is 0 Å². The van der Waals surface area contributed by atoms with Crippen LogP contribution in [0, 0.1) is 5.92 Å². The summed E-state index contributed by atoms with van der Waals surface area (Å²) in [6, 6.07) is 1.57. The van der Waals surface area contributed by atoms with Crippen molar-refractivity contribution < 1.29 is 0 Å². The zero-order valence-corrected chi connectivity index (χ0v) is 13.9. The summed E-state index contributed by atoms with van der Waals surface area (Å²) in [5.41, 5.74) is 0. The molecule has 2 heterocycles. The lowest BCUT2D eigenvalue weighted by molar-refractivity contribution is 0.0756. The van der Waals surface area contributed by atoms with Crippen molar-refractivity contribution in [1.82, 2.24) is 15.1 Å². The summed E-state index contributed by atoms with van der Waals surface area (Å²) in [4.78, 5) is 5.45. The number of rotatable bonds is 6. The van der Waals surface area contributed by atoms with E-state index in [4.69, 9.17) is 0 Å². The van der Waals surface area contributed by atoms with Crippen LogP contribution in [0.1, 0.15) is 52.9 Å². The van der Waals surface area contributed by atoms with E-state index in [0.29, 0.717) is 6.04 Å². The first kappa shape index (κ1) is 16.3. The van der Waals surface area contributed by atoms with Crippen molar-refractivity contribution in [3.05, 3.63) is 0 Å². The van der Waals surface area contributed by atoms with Crippen LogP contribution in [0.4, 0.5) is 0 Å². The van der Waals surface area contributed by atoms with Gasteiger partial charge in [0.15, 0.2) is 0 Å². The van der Waals surface area contributed by atoms with Gasteiger partial charge >= 0.3 is 0 Å². The summed E-state index contributed by atoms with van der Waals surface area (Å²) >= 11 is 0. The van der Waals surface area contributed by atoms with Crippen LogP contribution in [0.25, 0.3) is 0 Å². The van der Waals surface area contributed by atoms with Gasteiger partial charge in [0, 0.05) is 18.6 Å². The number of hydrogen-bond acceptors (Lipinski definition) is 3. The van der Waals surface area contributed by atoms with Crippen LogP contribution in [0.5, 0.6) is 0 Å². The predicted octanol–water partition coefficient (Wildman–Crippen LogP) is 2.57. The minimum absolute atomic E-state index is 0.691. The maximum absolute atomic E-state index is 3.60. The third-order valence-electron chi connectivity index (χ3n) is 5.02. The summed E-state index contributed by atoms with van der Waals surface area (Å²) in [5, 5.41) is 3.60. The molecule has 2 rings (SSSR count). The van der Waals surface area contributed by atoms with Crippen LogP contribution in [-0.2, 0) is 0 Å². The zero-order valence-electron chi connectivity index (χ0n) is 13.9. The topological polar surface area (TPSA) is 18.5 Å². The summed E-state index contributed by atoms with van der Waals surface area (Å²) in [7, 11) is 0. The number of nitrogens with zero attached hydrogens (tertiary/aromatic N) is 2. The fourth-order valence-electron chi connectivity index (χ4n) is 3.69. The highest BCUT2D eigenvalue weighted by Crippen LogP contribution is 2.21. The monoisotopic (exact) mass is 281 g/mol. The normalized spacial score (nSPS) is 25.2. The van der Waals surface area contributed by atoms with Crippen molar-refractivity contribution in [2.75, 3.05) is 39.3 Å².